The number of para-hydroxylation sites is 2. The normalized spacial score (nSPS) is 20.1. The molecule has 12 rings (SSSR count). The molecule has 0 N–H and O–H groups in total. The molecule has 0 aliphatic heterocycles. The molecule has 6 aliphatic carbocycles. The van der Waals surface area contributed by atoms with E-state index in [1.165, 1.54) is 100 Å². The molecule has 1 unspecified atom stereocenters. The molecule has 6 aliphatic rings. The number of rotatable bonds is 5. The van der Waals surface area contributed by atoms with Crippen molar-refractivity contribution in [1.29, 1.82) is 0 Å². The molecule has 2 atom stereocenters. The van der Waals surface area contributed by atoms with Crippen molar-refractivity contribution in [1.82, 2.24) is 4.57 Å². The number of nitrogens with zero attached hydrogens (tertiary/aromatic N) is 2. The highest BCUT2D eigenvalue weighted by atomic mass is 15.2. The zero-order chi connectivity index (χ0) is 36.7. The van der Waals surface area contributed by atoms with E-state index in [4.69, 9.17) is 0 Å². The lowest BCUT2D eigenvalue weighted by atomic mass is 9.76. The molecule has 0 saturated heterocycles. The van der Waals surface area contributed by atoms with Crippen LogP contribution in [-0.4, -0.2) is 4.57 Å². The van der Waals surface area contributed by atoms with Crippen LogP contribution in [0.3, 0.4) is 0 Å². The number of aromatic nitrogens is 1. The van der Waals surface area contributed by atoms with Crippen molar-refractivity contribution in [3.63, 3.8) is 0 Å². The maximum absolute atomic E-state index is 2.64. The third kappa shape index (κ3) is 4.69. The van der Waals surface area contributed by atoms with Crippen LogP contribution in [0.15, 0.2) is 205 Å². The molecule has 0 saturated carbocycles. The molecule has 0 fully saturated rings. The third-order valence-electron chi connectivity index (χ3n) is 12.9. The fraction of sp³-hybridized carbons (Fsp3) is 0.111. The Morgan fingerprint density at radius 2 is 1.41 bits per heavy atom. The first-order valence-electron chi connectivity index (χ1n) is 20.2. The van der Waals surface area contributed by atoms with Crippen LogP contribution in [-0.2, 0) is 6.42 Å². The van der Waals surface area contributed by atoms with Crippen LogP contribution < -0.4 is 4.90 Å². The zero-order valence-electron chi connectivity index (χ0n) is 31.2. The van der Waals surface area contributed by atoms with E-state index in [1.54, 1.807) is 0 Å². The summed E-state index contributed by atoms with van der Waals surface area (Å²) < 4.78 is 2.55. The van der Waals surface area contributed by atoms with Crippen molar-refractivity contribution in [3.05, 3.63) is 221 Å². The summed E-state index contributed by atoms with van der Waals surface area (Å²) in [5, 5.41) is 2.58. The van der Waals surface area contributed by atoms with Gasteiger partial charge in [-0.3, -0.25) is 0 Å². The highest BCUT2D eigenvalue weighted by molar-refractivity contribution is 6.14. The average Bonchev–Trinajstić information content (AvgIpc) is 3.78. The summed E-state index contributed by atoms with van der Waals surface area (Å²) in [6.45, 7) is 0. The highest BCUT2D eigenvalue weighted by Crippen LogP contribution is 2.57. The van der Waals surface area contributed by atoms with Crippen LogP contribution >= 0.6 is 0 Å². The Morgan fingerprint density at radius 3 is 2.36 bits per heavy atom. The quantitative estimate of drug-likeness (QED) is 0.172. The van der Waals surface area contributed by atoms with Crippen LogP contribution in [0.1, 0.15) is 36.0 Å². The van der Waals surface area contributed by atoms with Crippen LogP contribution in [0.5, 0.6) is 0 Å². The average molecular weight is 717 g/mol. The Bertz CT molecular complexity index is 2960. The molecule has 6 aromatic rings. The van der Waals surface area contributed by atoms with E-state index in [2.05, 4.69) is 192 Å². The maximum atomic E-state index is 2.64. The summed E-state index contributed by atoms with van der Waals surface area (Å²) in [4.78, 5) is 2.64. The van der Waals surface area contributed by atoms with Gasteiger partial charge in [-0.2, -0.15) is 0 Å². The second kappa shape index (κ2) is 12.4. The zero-order valence-corrected chi connectivity index (χ0v) is 31.2. The van der Waals surface area contributed by atoms with Gasteiger partial charge in [-0.25, -0.2) is 0 Å². The molecular formula is C54H40N2. The number of hydrogen-bond acceptors (Lipinski definition) is 1. The smallest absolute Gasteiger partial charge is 0.0558 e. The van der Waals surface area contributed by atoms with E-state index >= 15 is 0 Å². The Hall–Kier alpha value is -6.64. The van der Waals surface area contributed by atoms with E-state index in [1.807, 2.05) is 0 Å². The molecule has 0 amide bonds. The van der Waals surface area contributed by atoms with E-state index in [-0.39, 0.29) is 0 Å². The lowest BCUT2D eigenvalue weighted by Gasteiger charge is -2.35. The predicted octanol–water partition coefficient (Wildman–Crippen LogP) is 13.7. The van der Waals surface area contributed by atoms with E-state index in [9.17, 15) is 0 Å². The van der Waals surface area contributed by atoms with Crippen molar-refractivity contribution in [2.75, 3.05) is 4.90 Å². The van der Waals surface area contributed by atoms with E-state index in [0.29, 0.717) is 11.8 Å². The molecule has 0 spiro atoms. The SMILES string of the molecule is C1=CC2=CC=C(n3c4ccccc4c4ccc(N(C5=C6C(=CCC5)c5cccc7c5C6=C5C=CC=CC5C7)c5ccccc5-c5ccccc5)cc43)C[C@@H]2C=C1. The predicted molar refractivity (Wildman–Crippen MR) is 235 cm³/mol. The van der Waals surface area contributed by atoms with Gasteiger partial charge in [0.25, 0.3) is 0 Å². The van der Waals surface area contributed by atoms with Crippen LogP contribution in [0.25, 0.3) is 49.8 Å². The lowest BCUT2D eigenvalue weighted by Crippen LogP contribution is -2.22. The van der Waals surface area contributed by atoms with Crippen molar-refractivity contribution >= 4 is 50.0 Å². The molecular weight excluding hydrogens is 677 g/mol. The van der Waals surface area contributed by atoms with Gasteiger partial charge in [0.15, 0.2) is 0 Å². The molecule has 56 heavy (non-hydrogen) atoms. The number of benzene rings is 5. The van der Waals surface area contributed by atoms with Gasteiger partial charge in [-0.05, 0) is 101 Å². The Balaban J connectivity index is 1.15. The van der Waals surface area contributed by atoms with Gasteiger partial charge in [0.2, 0.25) is 0 Å². The van der Waals surface area contributed by atoms with Gasteiger partial charge in [-0.1, -0.05) is 152 Å². The van der Waals surface area contributed by atoms with Gasteiger partial charge in [0.05, 0.1) is 16.7 Å². The number of anilines is 2. The van der Waals surface area contributed by atoms with Crippen molar-refractivity contribution < 1.29 is 0 Å². The third-order valence-corrected chi connectivity index (χ3v) is 12.9. The molecule has 0 bridgehead atoms. The van der Waals surface area contributed by atoms with Gasteiger partial charge in [-0.15, -0.1) is 0 Å². The summed E-state index contributed by atoms with van der Waals surface area (Å²) in [6.07, 6.45) is 29.4. The molecule has 266 valence electrons. The van der Waals surface area contributed by atoms with Gasteiger partial charge in [0, 0.05) is 50.8 Å². The minimum Gasteiger partial charge on any atom is -0.313 e. The molecule has 0 radical (unpaired) electrons. The fourth-order valence-electron chi connectivity index (χ4n) is 10.4. The Kier molecular flexibility index (Phi) is 7.04. The summed E-state index contributed by atoms with van der Waals surface area (Å²) in [6, 6.07) is 43.2. The van der Waals surface area contributed by atoms with Crippen LogP contribution in [0, 0.1) is 11.8 Å². The molecule has 1 heterocycles. The molecule has 2 heteroatoms. The van der Waals surface area contributed by atoms with Crippen LogP contribution in [0.4, 0.5) is 11.4 Å². The Labute approximate surface area is 328 Å². The summed E-state index contributed by atoms with van der Waals surface area (Å²) in [7, 11) is 0. The highest BCUT2D eigenvalue weighted by Gasteiger charge is 2.40. The van der Waals surface area contributed by atoms with Crippen molar-refractivity contribution in [3.8, 4) is 11.1 Å². The number of hydrogen-bond donors (Lipinski definition) is 0. The summed E-state index contributed by atoms with van der Waals surface area (Å²) in [5.74, 6) is 0.775. The number of fused-ring (bicyclic) bond motifs is 8. The second-order valence-corrected chi connectivity index (χ2v) is 15.9. The summed E-state index contributed by atoms with van der Waals surface area (Å²) in [5.41, 5.74) is 21.5. The topological polar surface area (TPSA) is 8.17 Å². The molecule has 1 aromatic heterocycles. The maximum Gasteiger partial charge on any atom is 0.0558 e. The lowest BCUT2D eigenvalue weighted by molar-refractivity contribution is 0.754. The Morgan fingerprint density at radius 1 is 0.607 bits per heavy atom. The minimum absolute atomic E-state index is 0.387. The summed E-state index contributed by atoms with van der Waals surface area (Å²) >= 11 is 0. The first kappa shape index (κ1) is 31.7. The fourth-order valence-corrected chi connectivity index (χ4v) is 10.4. The first-order chi connectivity index (χ1) is 27.8. The van der Waals surface area contributed by atoms with E-state index in [0.717, 1.165) is 25.7 Å². The van der Waals surface area contributed by atoms with Crippen molar-refractivity contribution in [2.24, 2.45) is 11.8 Å². The number of allylic oxidation sites excluding steroid dienone is 18. The van der Waals surface area contributed by atoms with Gasteiger partial charge < -0.3 is 9.47 Å². The molecule has 5 aromatic carbocycles. The second-order valence-electron chi connectivity index (χ2n) is 15.9. The minimum atomic E-state index is 0.387. The standard InChI is InChI=1S/C54H40N2/c1-2-15-36(16-3-1)42-20-8-10-25-48(42)55(50-27-13-24-47-46-23-12-19-39-32-38-18-6-7-21-43(38)54(52(39)46)53(47)50)41-30-31-45-44-22-9-11-26-49(44)56(51(45)34-41)40-29-28-35-14-4-5-17-37(35)33-40/h1-12,14-26,28-31,34,37-38H,13,27,32-33H2/t37-,38?/m0/s1. The monoisotopic (exact) mass is 716 g/mol. The largest absolute Gasteiger partial charge is 0.313 e. The molecule has 2 nitrogen and oxygen atoms in total. The first-order valence-corrected chi connectivity index (χ1v) is 20.2. The van der Waals surface area contributed by atoms with Crippen molar-refractivity contribution in [2.45, 2.75) is 25.7 Å². The van der Waals surface area contributed by atoms with E-state index < -0.39 is 0 Å². The van der Waals surface area contributed by atoms with Gasteiger partial charge >= 0.3 is 0 Å². The van der Waals surface area contributed by atoms with Crippen LogP contribution in [0.2, 0.25) is 0 Å². The van der Waals surface area contributed by atoms with Gasteiger partial charge in [0.1, 0.15) is 0 Å².